The number of carbonyl (C=O) groups excluding carboxylic acids is 1. The van der Waals surface area contributed by atoms with E-state index in [9.17, 15) is 13.6 Å². The molecule has 0 fully saturated rings. The topological polar surface area (TPSA) is 60.2 Å². The third kappa shape index (κ3) is 3.60. The molecule has 2 aromatic carbocycles. The van der Waals surface area contributed by atoms with E-state index < -0.39 is 11.6 Å². The third-order valence-corrected chi connectivity index (χ3v) is 5.32. The van der Waals surface area contributed by atoms with Crippen LogP contribution in [0.2, 0.25) is 0 Å². The number of rotatable bonds is 5. The van der Waals surface area contributed by atoms with Crippen LogP contribution in [0.5, 0.6) is 11.6 Å². The number of carbonyl (C=O) groups is 1. The fraction of sp³-hybridized carbons (Fsp3) is 0.125. The average molecular weight is 432 g/mol. The van der Waals surface area contributed by atoms with Crippen LogP contribution in [0.15, 0.2) is 67.0 Å². The Labute approximate surface area is 182 Å². The summed E-state index contributed by atoms with van der Waals surface area (Å²) in [6.07, 6.45) is 3.37. The van der Waals surface area contributed by atoms with Gasteiger partial charge in [0.25, 0.3) is 5.91 Å². The van der Waals surface area contributed by atoms with Gasteiger partial charge in [0.2, 0.25) is 11.7 Å². The molecule has 0 radical (unpaired) electrons. The van der Waals surface area contributed by atoms with Gasteiger partial charge in [0.05, 0.1) is 5.69 Å². The van der Waals surface area contributed by atoms with Gasteiger partial charge in [0.1, 0.15) is 5.56 Å². The van der Waals surface area contributed by atoms with Gasteiger partial charge in [-0.05, 0) is 35.4 Å². The summed E-state index contributed by atoms with van der Waals surface area (Å²) in [5.74, 6) is -2.78. The standard InChI is InChI=1S/C24H18F2N4O2/c1-29-12-10-19(28-29)16-7-5-15(6-8-16)13-30-14-17-9-11-27-23(21(17)24(30)31)32-20-4-2-3-18(25)22(20)26/h2-12H,13-14H2,1H3. The molecule has 0 aliphatic carbocycles. The minimum absolute atomic E-state index is 0.0370. The second kappa shape index (κ2) is 7.88. The quantitative estimate of drug-likeness (QED) is 0.458. The van der Waals surface area contributed by atoms with Crippen LogP contribution in [0.25, 0.3) is 11.3 Å². The molecule has 2 aromatic heterocycles. The van der Waals surface area contributed by atoms with Crippen LogP contribution in [0, 0.1) is 11.6 Å². The Morgan fingerprint density at radius 1 is 1.06 bits per heavy atom. The molecule has 0 atom stereocenters. The summed E-state index contributed by atoms with van der Waals surface area (Å²) < 4.78 is 34.8. The van der Waals surface area contributed by atoms with Crippen LogP contribution in [0.4, 0.5) is 8.78 Å². The highest BCUT2D eigenvalue weighted by Gasteiger charge is 2.32. The molecule has 1 aliphatic rings. The molecule has 0 bridgehead atoms. The highest BCUT2D eigenvalue weighted by molar-refractivity contribution is 6.00. The largest absolute Gasteiger partial charge is 0.435 e. The Balaban J connectivity index is 1.35. The first-order valence-corrected chi connectivity index (χ1v) is 9.97. The first kappa shape index (κ1) is 19.9. The van der Waals surface area contributed by atoms with Crippen LogP contribution in [-0.2, 0) is 20.1 Å². The van der Waals surface area contributed by atoms with Crippen molar-refractivity contribution in [3.63, 3.8) is 0 Å². The predicted octanol–water partition coefficient (Wildman–Crippen LogP) is 4.71. The fourth-order valence-corrected chi connectivity index (χ4v) is 3.72. The maximum Gasteiger partial charge on any atom is 0.260 e. The number of halogens is 2. The van der Waals surface area contributed by atoms with Crippen molar-refractivity contribution >= 4 is 5.91 Å². The molecule has 0 saturated heterocycles. The summed E-state index contributed by atoms with van der Waals surface area (Å²) in [6, 6.07) is 15.1. The summed E-state index contributed by atoms with van der Waals surface area (Å²) in [7, 11) is 1.87. The van der Waals surface area contributed by atoms with Crippen molar-refractivity contribution in [2.24, 2.45) is 7.05 Å². The van der Waals surface area contributed by atoms with E-state index in [4.69, 9.17) is 4.74 Å². The number of nitrogens with zero attached hydrogens (tertiary/aromatic N) is 4. The van der Waals surface area contributed by atoms with Crippen LogP contribution in [0.1, 0.15) is 21.5 Å². The van der Waals surface area contributed by atoms with E-state index in [2.05, 4.69) is 10.1 Å². The van der Waals surface area contributed by atoms with Crippen LogP contribution < -0.4 is 4.74 Å². The minimum atomic E-state index is -1.12. The normalized spacial score (nSPS) is 12.8. The van der Waals surface area contributed by atoms with Crippen molar-refractivity contribution in [2.45, 2.75) is 13.1 Å². The third-order valence-electron chi connectivity index (χ3n) is 5.32. The van der Waals surface area contributed by atoms with Crippen LogP contribution >= 0.6 is 0 Å². The number of fused-ring (bicyclic) bond motifs is 1. The van der Waals surface area contributed by atoms with Crippen molar-refractivity contribution in [1.29, 1.82) is 0 Å². The number of hydrogen-bond acceptors (Lipinski definition) is 4. The first-order chi connectivity index (χ1) is 15.5. The molecule has 1 amide bonds. The molecule has 160 valence electrons. The molecule has 0 spiro atoms. The molecular formula is C24H18F2N4O2. The van der Waals surface area contributed by atoms with Crippen LogP contribution in [0.3, 0.4) is 0 Å². The van der Waals surface area contributed by atoms with E-state index in [1.165, 1.54) is 18.3 Å². The molecule has 4 aromatic rings. The van der Waals surface area contributed by atoms with Gasteiger partial charge in [-0.2, -0.15) is 9.49 Å². The smallest absolute Gasteiger partial charge is 0.260 e. The zero-order valence-electron chi connectivity index (χ0n) is 17.1. The SMILES string of the molecule is Cn1ccc(-c2ccc(CN3Cc4ccnc(Oc5cccc(F)c5F)c4C3=O)cc2)n1. The first-order valence-electron chi connectivity index (χ1n) is 9.97. The molecule has 1 aliphatic heterocycles. The number of pyridine rings is 1. The van der Waals surface area contributed by atoms with Gasteiger partial charge in [0.15, 0.2) is 11.6 Å². The van der Waals surface area contributed by atoms with Gasteiger partial charge in [-0.1, -0.05) is 30.3 Å². The Morgan fingerprint density at radius 2 is 1.88 bits per heavy atom. The number of aryl methyl sites for hydroxylation is 1. The van der Waals surface area contributed by atoms with Crippen molar-refractivity contribution in [3.8, 4) is 22.9 Å². The van der Waals surface area contributed by atoms with E-state index >= 15 is 0 Å². The number of ether oxygens (including phenoxy) is 1. The molecule has 3 heterocycles. The lowest BCUT2D eigenvalue weighted by atomic mass is 10.1. The summed E-state index contributed by atoms with van der Waals surface area (Å²) in [6.45, 7) is 0.768. The number of amides is 1. The predicted molar refractivity (Wildman–Crippen MR) is 113 cm³/mol. The Bertz CT molecular complexity index is 1320. The summed E-state index contributed by atoms with van der Waals surface area (Å²) in [5, 5.41) is 4.39. The highest BCUT2D eigenvalue weighted by Crippen LogP contribution is 2.34. The average Bonchev–Trinajstić information content (AvgIpc) is 3.36. The van der Waals surface area contributed by atoms with Crippen LogP contribution in [-0.4, -0.2) is 25.6 Å². The zero-order chi connectivity index (χ0) is 22.2. The van der Waals surface area contributed by atoms with Crippen molar-refractivity contribution < 1.29 is 18.3 Å². The fourth-order valence-electron chi connectivity index (χ4n) is 3.72. The van der Waals surface area contributed by atoms with Crippen molar-refractivity contribution in [2.75, 3.05) is 0 Å². The number of benzene rings is 2. The molecule has 0 saturated carbocycles. The van der Waals surface area contributed by atoms with Gasteiger partial charge in [-0.3, -0.25) is 9.48 Å². The van der Waals surface area contributed by atoms with Gasteiger partial charge < -0.3 is 9.64 Å². The van der Waals surface area contributed by atoms with E-state index in [1.54, 1.807) is 15.6 Å². The Kier molecular flexibility index (Phi) is 4.89. The maximum atomic E-state index is 14.0. The highest BCUT2D eigenvalue weighted by atomic mass is 19.2. The molecule has 6 nitrogen and oxygen atoms in total. The van der Waals surface area contributed by atoms with E-state index in [1.807, 2.05) is 43.6 Å². The van der Waals surface area contributed by atoms with E-state index in [-0.39, 0.29) is 23.1 Å². The molecule has 0 unspecified atom stereocenters. The van der Waals surface area contributed by atoms with Crippen molar-refractivity contribution in [3.05, 3.63) is 95.3 Å². The summed E-state index contributed by atoms with van der Waals surface area (Å²) in [4.78, 5) is 18.8. The summed E-state index contributed by atoms with van der Waals surface area (Å²) in [5.41, 5.74) is 3.81. The lowest BCUT2D eigenvalue weighted by molar-refractivity contribution is 0.0764. The molecule has 5 rings (SSSR count). The number of aromatic nitrogens is 3. The van der Waals surface area contributed by atoms with Gasteiger partial charge in [-0.15, -0.1) is 0 Å². The second-order valence-corrected chi connectivity index (χ2v) is 7.54. The number of hydrogen-bond donors (Lipinski definition) is 0. The lowest BCUT2D eigenvalue weighted by Gasteiger charge is -2.16. The van der Waals surface area contributed by atoms with Gasteiger partial charge >= 0.3 is 0 Å². The summed E-state index contributed by atoms with van der Waals surface area (Å²) >= 11 is 0. The maximum absolute atomic E-state index is 14.0. The molecule has 8 heteroatoms. The zero-order valence-corrected chi connectivity index (χ0v) is 17.1. The minimum Gasteiger partial charge on any atom is -0.435 e. The molecular weight excluding hydrogens is 414 g/mol. The van der Waals surface area contributed by atoms with Crippen molar-refractivity contribution in [1.82, 2.24) is 19.7 Å². The van der Waals surface area contributed by atoms with E-state index in [0.29, 0.717) is 13.1 Å². The molecule has 0 N–H and O–H groups in total. The lowest BCUT2D eigenvalue weighted by Crippen LogP contribution is -2.23. The van der Waals surface area contributed by atoms with E-state index in [0.717, 1.165) is 28.5 Å². The Morgan fingerprint density at radius 3 is 2.62 bits per heavy atom. The van der Waals surface area contributed by atoms with Gasteiger partial charge in [-0.25, -0.2) is 9.37 Å². The monoisotopic (exact) mass is 432 g/mol. The second-order valence-electron chi connectivity index (χ2n) is 7.54. The Hall–Kier alpha value is -4.07. The molecule has 32 heavy (non-hydrogen) atoms. The van der Waals surface area contributed by atoms with Gasteiger partial charge in [0, 0.05) is 38.1 Å².